The molecule has 0 unspecified atom stereocenters. The number of unbranched alkanes of at least 4 members (excludes halogenated alkanes) is 1. The highest BCUT2D eigenvalue weighted by atomic mass is 127. The Bertz CT molecular complexity index is 424. The molecular formula is C8H7ClIN3O. The molecule has 0 fully saturated rings. The van der Waals surface area contributed by atoms with E-state index in [1.807, 2.05) is 28.7 Å². The maximum atomic E-state index is 11.5. The van der Waals surface area contributed by atoms with Gasteiger partial charge in [0.15, 0.2) is 0 Å². The number of nitriles is 1. The highest BCUT2D eigenvalue weighted by molar-refractivity contribution is 14.1. The monoisotopic (exact) mass is 323 g/mol. The Labute approximate surface area is 99.7 Å². The van der Waals surface area contributed by atoms with Gasteiger partial charge in [-0.15, -0.1) is 0 Å². The summed E-state index contributed by atoms with van der Waals surface area (Å²) in [5.74, 6) is 0. The van der Waals surface area contributed by atoms with Gasteiger partial charge >= 0.3 is 0 Å². The summed E-state index contributed by atoms with van der Waals surface area (Å²) in [4.78, 5) is 15.4. The molecule has 0 N–H and O–H groups in total. The van der Waals surface area contributed by atoms with Crippen molar-refractivity contribution in [1.82, 2.24) is 9.55 Å². The fourth-order valence-corrected chi connectivity index (χ4v) is 1.51. The Morgan fingerprint density at radius 2 is 2.43 bits per heavy atom. The zero-order chi connectivity index (χ0) is 10.6. The third kappa shape index (κ3) is 2.69. The van der Waals surface area contributed by atoms with Crippen molar-refractivity contribution in [3.8, 4) is 6.07 Å². The van der Waals surface area contributed by atoms with E-state index in [-0.39, 0.29) is 10.7 Å². The molecule has 1 aromatic heterocycles. The number of aromatic nitrogens is 2. The Balaban J connectivity index is 2.85. The molecule has 0 amide bonds. The molecule has 4 nitrogen and oxygen atoms in total. The molecule has 74 valence electrons. The SMILES string of the molecule is N#CCCCn1cnc(Cl)c(I)c1=O. The molecule has 1 aromatic rings. The molecule has 0 aliphatic heterocycles. The predicted molar refractivity (Wildman–Crippen MR) is 61.1 cm³/mol. The van der Waals surface area contributed by atoms with Gasteiger partial charge in [-0.3, -0.25) is 9.36 Å². The Morgan fingerprint density at radius 1 is 1.71 bits per heavy atom. The Kier molecular flexibility index (Phi) is 4.35. The molecule has 1 rings (SSSR count). The molecule has 14 heavy (non-hydrogen) atoms. The highest BCUT2D eigenvalue weighted by Gasteiger charge is 2.05. The number of aryl methyl sites for hydroxylation is 1. The number of hydrogen-bond donors (Lipinski definition) is 0. The summed E-state index contributed by atoms with van der Waals surface area (Å²) < 4.78 is 1.88. The summed E-state index contributed by atoms with van der Waals surface area (Å²) in [5.41, 5.74) is -0.150. The first-order valence-corrected chi connectivity index (χ1v) is 5.40. The summed E-state index contributed by atoms with van der Waals surface area (Å²) in [6, 6.07) is 2.02. The molecule has 6 heteroatoms. The summed E-state index contributed by atoms with van der Waals surface area (Å²) in [6.07, 6.45) is 2.49. The second-order valence-corrected chi connectivity index (χ2v) is 4.05. The fraction of sp³-hybridized carbons (Fsp3) is 0.375. The van der Waals surface area contributed by atoms with Gasteiger partial charge in [0.2, 0.25) is 0 Å². The van der Waals surface area contributed by atoms with E-state index in [1.165, 1.54) is 10.9 Å². The van der Waals surface area contributed by atoms with Crippen molar-refractivity contribution < 1.29 is 0 Å². The largest absolute Gasteiger partial charge is 0.298 e. The third-order valence-electron chi connectivity index (χ3n) is 1.63. The average molecular weight is 324 g/mol. The van der Waals surface area contributed by atoms with Crippen LogP contribution in [0.3, 0.4) is 0 Å². The number of rotatable bonds is 3. The standard InChI is InChI=1S/C8H7ClIN3O/c9-7-6(10)8(14)13(5-12-7)4-2-1-3-11/h5H,1-2,4H2. The third-order valence-corrected chi connectivity index (χ3v) is 3.21. The van der Waals surface area contributed by atoms with E-state index in [9.17, 15) is 4.79 Å². The maximum absolute atomic E-state index is 11.5. The minimum absolute atomic E-state index is 0.150. The van der Waals surface area contributed by atoms with Crippen LogP contribution < -0.4 is 5.56 Å². The van der Waals surface area contributed by atoms with Gasteiger partial charge in [-0.25, -0.2) is 4.98 Å². The van der Waals surface area contributed by atoms with Gasteiger partial charge in [-0.1, -0.05) is 11.6 Å². The lowest BCUT2D eigenvalue weighted by Gasteiger charge is -2.03. The van der Waals surface area contributed by atoms with Crippen LogP contribution in [-0.2, 0) is 6.54 Å². The van der Waals surface area contributed by atoms with E-state index in [0.717, 1.165) is 0 Å². The minimum atomic E-state index is -0.150. The van der Waals surface area contributed by atoms with Gasteiger partial charge in [-0.2, -0.15) is 5.26 Å². The molecule has 0 radical (unpaired) electrons. The van der Waals surface area contributed by atoms with Gasteiger partial charge < -0.3 is 0 Å². The van der Waals surface area contributed by atoms with E-state index < -0.39 is 0 Å². The van der Waals surface area contributed by atoms with Crippen LogP contribution in [-0.4, -0.2) is 9.55 Å². The fourth-order valence-electron chi connectivity index (χ4n) is 0.932. The van der Waals surface area contributed by atoms with Gasteiger partial charge in [-0.05, 0) is 29.0 Å². The van der Waals surface area contributed by atoms with Crippen molar-refractivity contribution in [3.63, 3.8) is 0 Å². The second-order valence-electron chi connectivity index (χ2n) is 2.61. The summed E-state index contributed by atoms with van der Waals surface area (Å²) >= 11 is 7.53. The normalized spacial score (nSPS) is 9.79. The van der Waals surface area contributed by atoms with E-state index in [1.54, 1.807) is 0 Å². The molecule has 1 heterocycles. The molecular weight excluding hydrogens is 316 g/mol. The van der Waals surface area contributed by atoms with Gasteiger partial charge in [0.25, 0.3) is 5.56 Å². The van der Waals surface area contributed by atoms with Gasteiger partial charge in [0.05, 0.1) is 12.4 Å². The second kappa shape index (κ2) is 5.32. The lowest BCUT2D eigenvalue weighted by Crippen LogP contribution is -2.23. The van der Waals surface area contributed by atoms with Crippen LogP contribution in [0.5, 0.6) is 0 Å². The first-order chi connectivity index (χ1) is 6.66. The molecule has 0 aliphatic carbocycles. The lowest BCUT2D eigenvalue weighted by atomic mass is 10.3. The minimum Gasteiger partial charge on any atom is -0.298 e. The van der Waals surface area contributed by atoms with E-state index in [0.29, 0.717) is 23.0 Å². The van der Waals surface area contributed by atoms with Crippen LogP contribution in [0.2, 0.25) is 5.15 Å². The zero-order valence-corrected chi connectivity index (χ0v) is 10.1. The smallest absolute Gasteiger partial charge is 0.268 e. The molecule has 0 saturated heterocycles. The van der Waals surface area contributed by atoms with E-state index >= 15 is 0 Å². The molecule has 0 spiro atoms. The summed E-state index contributed by atoms with van der Waals surface area (Å²) in [6.45, 7) is 0.507. The Morgan fingerprint density at radius 3 is 3.07 bits per heavy atom. The number of nitrogens with zero attached hydrogens (tertiary/aromatic N) is 3. The van der Waals surface area contributed by atoms with Crippen LogP contribution in [0.1, 0.15) is 12.8 Å². The molecule has 0 saturated carbocycles. The van der Waals surface area contributed by atoms with Crippen LogP contribution in [0.4, 0.5) is 0 Å². The van der Waals surface area contributed by atoms with Gasteiger partial charge in [0.1, 0.15) is 8.72 Å². The van der Waals surface area contributed by atoms with Crippen LogP contribution in [0, 0.1) is 14.9 Å². The first-order valence-electron chi connectivity index (χ1n) is 3.94. The predicted octanol–water partition coefficient (Wildman–Crippen LogP) is 1.81. The molecule has 0 aliphatic rings. The highest BCUT2D eigenvalue weighted by Crippen LogP contribution is 2.09. The average Bonchev–Trinajstić information content (AvgIpc) is 2.18. The first kappa shape index (κ1) is 11.5. The summed E-state index contributed by atoms with van der Waals surface area (Å²) in [7, 11) is 0. The molecule has 0 bridgehead atoms. The van der Waals surface area contributed by atoms with E-state index in [2.05, 4.69) is 4.98 Å². The van der Waals surface area contributed by atoms with Crippen molar-refractivity contribution in [1.29, 1.82) is 5.26 Å². The zero-order valence-electron chi connectivity index (χ0n) is 7.20. The van der Waals surface area contributed by atoms with E-state index in [4.69, 9.17) is 16.9 Å². The van der Waals surface area contributed by atoms with Crippen molar-refractivity contribution in [2.24, 2.45) is 0 Å². The van der Waals surface area contributed by atoms with Crippen molar-refractivity contribution in [2.45, 2.75) is 19.4 Å². The Hall–Kier alpha value is -0.610. The van der Waals surface area contributed by atoms with Crippen molar-refractivity contribution in [3.05, 3.63) is 25.4 Å². The van der Waals surface area contributed by atoms with Gasteiger partial charge in [0, 0.05) is 13.0 Å². The topological polar surface area (TPSA) is 58.7 Å². The summed E-state index contributed by atoms with van der Waals surface area (Å²) in [5, 5.41) is 8.57. The van der Waals surface area contributed by atoms with Crippen molar-refractivity contribution in [2.75, 3.05) is 0 Å². The lowest BCUT2D eigenvalue weighted by molar-refractivity contribution is 0.617. The number of hydrogen-bond acceptors (Lipinski definition) is 3. The molecule has 0 atom stereocenters. The number of halogens is 2. The van der Waals surface area contributed by atoms with Crippen LogP contribution in [0.15, 0.2) is 11.1 Å². The van der Waals surface area contributed by atoms with Crippen LogP contribution >= 0.6 is 34.2 Å². The van der Waals surface area contributed by atoms with Crippen LogP contribution in [0.25, 0.3) is 0 Å². The quantitative estimate of drug-likeness (QED) is 0.484. The molecule has 0 aromatic carbocycles. The maximum Gasteiger partial charge on any atom is 0.268 e. The van der Waals surface area contributed by atoms with Crippen molar-refractivity contribution >= 4 is 34.2 Å².